The first-order chi connectivity index (χ1) is 7.41. The summed E-state index contributed by atoms with van der Waals surface area (Å²) >= 11 is 0. The monoisotopic (exact) mass is 231 g/mol. The van der Waals surface area contributed by atoms with Crippen LogP contribution < -0.4 is 0 Å². The summed E-state index contributed by atoms with van der Waals surface area (Å²) in [5.74, 6) is -2.50. The maximum atomic E-state index is 10.5. The summed E-state index contributed by atoms with van der Waals surface area (Å²) in [5.41, 5.74) is 0. The predicted octanol–water partition coefficient (Wildman–Crippen LogP) is -0.385. The van der Waals surface area contributed by atoms with Crippen molar-refractivity contribution in [3.63, 3.8) is 0 Å². The zero-order valence-corrected chi connectivity index (χ0v) is 7.89. The maximum Gasteiger partial charge on any atom is 0.508 e. The molecule has 1 rings (SSSR count). The highest BCUT2D eigenvalue weighted by atomic mass is 16.6. The van der Waals surface area contributed by atoms with Crippen molar-refractivity contribution in [3.8, 4) is 0 Å². The van der Waals surface area contributed by atoms with Crippen molar-refractivity contribution in [2.45, 2.75) is 13.7 Å². The molecule has 1 aromatic heterocycles. The first-order valence-corrected chi connectivity index (χ1v) is 3.79. The molecule has 0 aromatic carbocycles. The maximum absolute atomic E-state index is 10.5. The summed E-state index contributed by atoms with van der Waals surface area (Å²) < 4.78 is 4.92. The lowest BCUT2D eigenvalue weighted by Gasteiger charge is -1.96. The molecule has 0 aliphatic carbocycles. The predicted molar refractivity (Wildman–Crippen MR) is 45.1 cm³/mol. The van der Waals surface area contributed by atoms with Crippen LogP contribution in [0.15, 0.2) is 0 Å². The average molecular weight is 231 g/mol. The third-order valence-corrected chi connectivity index (χ3v) is 1.36. The van der Waals surface area contributed by atoms with Crippen molar-refractivity contribution in [2.24, 2.45) is 0 Å². The number of nitrogens with zero attached hydrogens (tertiary/aromatic N) is 5. The Labute approximate surface area is 86.9 Å². The summed E-state index contributed by atoms with van der Waals surface area (Å²) in [6, 6.07) is 0. The van der Waals surface area contributed by atoms with Crippen LogP contribution in [0.25, 0.3) is 0 Å². The second-order valence-corrected chi connectivity index (χ2v) is 2.49. The van der Waals surface area contributed by atoms with E-state index in [1.54, 1.807) is 0 Å². The largest absolute Gasteiger partial charge is 0.508 e. The molecule has 0 amide bonds. The Morgan fingerprint density at radius 2 is 2.06 bits per heavy atom. The molecule has 0 saturated heterocycles. The molecular weight excluding hydrogens is 226 g/mol. The summed E-state index contributed by atoms with van der Waals surface area (Å²) in [5, 5.41) is 23.9. The van der Waals surface area contributed by atoms with Crippen molar-refractivity contribution >= 4 is 17.9 Å². The van der Waals surface area contributed by atoms with Gasteiger partial charge in [-0.3, -0.25) is 4.79 Å². The fraction of sp³-hybridized carbons (Fsp3) is 0.400. The number of nitro groups is 2. The lowest BCUT2D eigenvalue weighted by molar-refractivity contribution is -0.404. The highest BCUT2D eigenvalue weighted by molar-refractivity contribution is 5.65. The molecule has 1 aromatic rings. The van der Waals surface area contributed by atoms with Crippen LogP contribution in [0, 0.1) is 20.2 Å². The minimum atomic E-state index is -0.989. The van der Waals surface area contributed by atoms with Gasteiger partial charge in [-0.2, -0.15) is 0 Å². The van der Waals surface area contributed by atoms with Gasteiger partial charge < -0.3 is 25.0 Å². The third-order valence-electron chi connectivity index (χ3n) is 1.36. The first-order valence-electron chi connectivity index (χ1n) is 3.79. The van der Waals surface area contributed by atoms with Crippen LogP contribution in [0.3, 0.4) is 0 Å². The van der Waals surface area contributed by atoms with Gasteiger partial charge in [0.05, 0.1) is 5.10 Å². The normalized spacial score (nSPS) is 9.81. The van der Waals surface area contributed by atoms with E-state index in [0.717, 1.165) is 6.92 Å². The Bertz CT molecular complexity index is 452. The van der Waals surface area contributed by atoms with E-state index < -0.39 is 34.4 Å². The fourth-order valence-corrected chi connectivity index (χ4v) is 0.773. The van der Waals surface area contributed by atoms with Gasteiger partial charge in [-0.1, -0.05) is 0 Å². The van der Waals surface area contributed by atoms with Gasteiger partial charge >= 0.3 is 17.9 Å². The number of hydrogen-bond donors (Lipinski definition) is 0. The number of esters is 1. The number of aromatic nitrogens is 3. The average Bonchev–Trinajstić information content (AvgIpc) is 2.58. The van der Waals surface area contributed by atoms with E-state index in [4.69, 9.17) is 0 Å². The van der Waals surface area contributed by atoms with E-state index in [2.05, 4.69) is 14.8 Å². The standard InChI is InChI=1S/C5H5N5O6/c1-3(11)16-2-8-5(10(14)15)6-4(7-8)9(12)13/h2H2,1H3. The molecule has 0 unspecified atom stereocenters. The highest BCUT2D eigenvalue weighted by Crippen LogP contribution is 2.12. The SMILES string of the molecule is CC(=O)OCn1nc([N+](=O)[O-])nc1[N+](=O)[O-]. The second-order valence-electron chi connectivity index (χ2n) is 2.49. The Balaban J connectivity index is 3.00. The van der Waals surface area contributed by atoms with E-state index >= 15 is 0 Å². The molecule has 0 aliphatic heterocycles. The molecule has 16 heavy (non-hydrogen) atoms. The topological polar surface area (TPSA) is 143 Å². The van der Waals surface area contributed by atoms with Crippen LogP contribution in [-0.4, -0.2) is 30.6 Å². The van der Waals surface area contributed by atoms with Crippen LogP contribution >= 0.6 is 0 Å². The van der Waals surface area contributed by atoms with Crippen LogP contribution in [-0.2, 0) is 16.3 Å². The van der Waals surface area contributed by atoms with Gasteiger partial charge in [0.2, 0.25) is 6.73 Å². The minimum Gasteiger partial charge on any atom is -0.428 e. The van der Waals surface area contributed by atoms with Crippen molar-refractivity contribution < 1.29 is 19.4 Å². The van der Waals surface area contributed by atoms with E-state index in [1.165, 1.54) is 0 Å². The van der Waals surface area contributed by atoms with Gasteiger partial charge in [-0.15, -0.1) is 0 Å². The number of hydrogen-bond acceptors (Lipinski definition) is 8. The van der Waals surface area contributed by atoms with Crippen molar-refractivity contribution in [1.82, 2.24) is 14.8 Å². The van der Waals surface area contributed by atoms with Gasteiger partial charge in [-0.25, -0.2) is 0 Å². The van der Waals surface area contributed by atoms with Gasteiger partial charge in [0.1, 0.15) is 0 Å². The Morgan fingerprint density at radius 1 is 1.44 bits per heavy atom. The quantitative estimate of drug-likeness (QED) is 0.387. The molecule has 0 spiro atoms. The van der Waals surface area contributed by atoms with Crippen molar-refractivity contribution in [1.29, 1.82) is 0 Å². The molecule has 1 heterocycles. The smallest absolute Gasteiger partial charge is 0.428 e. The van der Waals surface area contributed by atoms with Crippen molar-refractivity contribution in [2.75, 3.05) is 0 Å². The number of rotatable bonds is 4. The molecule has 11 nitrogen and oxygen atoms in total. The Kier molecular flexibility index (Phi) is 3.08. The van der Waals surface area contributed by atoms with Crippen LogP contribution in [0.2, 0.25) is 0 Å². The zero-order valence-electron chi connectivity index (χ0n) is 7.89. The highest BCUT2D eigenvalue weighted by Gasteiger charge is 2.28. The lowest BCUT2D eigenvalue weighted by Crippen LogP contribution is -2.10. The van der Waals surface area contributed by atoms with E-state index in [1.807, 2.05) is 0 Å². The van der Waals surface area contributed by atoms with Crippen LogP contribution in [0.5, 0.6) is 0 Å². The fourth-order valence-electron chi connectivity index (χ4n) is 0.773. The lowest BCUT2D eigenvalue weighted by atomic mass is 10.8. The van der Waals surface area contributed by atoms with Crippen LogP contribution in [0.1, 0.15) is 6.92 Å². The van der Waals surface area contributed by atoms with Crippen LogP contribution in [0.4, 0.5) is 11.9 Å². The zero-order chi connectivity index (χ0) is 12.3. The molecule has 0 bridgehead atoms. The molecule has 86 valence electrons. The number of carbonyl (C=O) groups is 1. The minimum absolute atomic E-state index is 0.513. The molecule has 0 fully saturated rings. The Hall–Kier alpha value is -2.59. The summed E-state index contributed by atoms with van der Waals surface area (Å²) in [6.45, 7) is 0.476. The van der Waals surface area contributed by atoms with Crippen molar-refractivity contribution in [3.05, 3.63) is 20.2 Å². The molecule has 0 radical (unpaired) electrons. The molecule has 0 atom stereocenters. The number of carbonyl (C=O) groups excluding carboxylic acids is 1. The molecular formula is C5H5N5O6. The van der Waals surface area contributed by atoms with Gasteiger partial charge in [0.25, 0.3) is 0 Å². The van der Waals surface area contributed by atoms with E-state index in [0.29, 0.717) is 4.68 Å². The van der Waals surface area contributed by atoms with Gasteiger partial charge in [0, 0.05) is 11.9 Å². The molecule has 0 aliphatic rings. The second kappa shape index (κ2) is 4.29. The molecule has 0 saturated carbocycles. The first kappa shape index (κ1) is 11.5. The van der Waals surface area contributed by atoms with E-state index in [-0.39, 0.29) is 0 Å². The summed E-state index contributed by atoms with van der Waals surface area (Å²) in [6.07, 6.45) is 0. The number of ether oxygens (including phenoxy) is 1. The van der Waals surface area contributed by atoms with Gasteiger partial charge in [0.15, 0.2) is 0 Å². The summed E-state index contributed by atoms with van der Waals surface area (Å²) in [7, 11) is 0. The van der Waals surface area contributed by atoms with E-state index in [9.17, 15) is 25.0 Å². The Morgan fingerprint density at radius 3 is 2.50 bits per heavy atom. The van der Waals surface area contributed by atoms with Gasteiger partial charge in [-0.05, 0) is 14.5 Å². The third kappa shape index (κ3) is 2.46. The molecule has 11 heteroatoms. The summed E-state index contributed by atoms with van der Waals surface area (Å²) in [4.78, 5) is 32.2. The molecule has 0 N–H and O–H groups in total.